The molecule has 3 aromatic carbocycles. The van der Waals surface area contributed by atoms with E-state index < -0.39 is 29.9 Å². The van der Waals surface area contributed by atoms with Crippen molar-refractivity contribution in [2.75, 3.05) is 20.3 Å². The molecule has 47 heavy (non-hydrogen) atoms. The third kappa shape index (κ3) is 9.34. The molecule has 0 fully saturated rings. The summed E-state index contributed by atoms with van der Waals surface area (Å²) >= 11 is 4.30. The van der Waals surface area contributed by atoms with Crippen LogP contribution in [0.2, 0.25) is 0 Å². The molecule has 1 aliphatic rings. The number of hydrazone groups is 1. The smallest absolute Gasteiger partial charge is 0.338 e. The summed E-state index contributed by atoms with van der Waals surface area (Å²) in [6, 6.07) is 13.8. The fourth-order valence-corrected chi connectivity index (χ4v) is 6.58. The fourth-order valence-electron chi connectivity index (χ4n) is 4.45. The van der Waals surface area contributed by atoms with Crippen LogP contribution in [-0.2, 0) is 20.9 Å². The zero-order valence-corrected chi connectivity index (χ0v) is 29.7. The van der Waals surface area contributed by atoms with E-state index in [1.165, 1.54) is 25.5 Å². The van der Waals surface area contributed by atoms with Crippen molar-refractivity contribution >= 4 is 75.3 Å². The van der Waals surface area contributed by atoms with Gasteiger partial charge < -0.3 is 34.7 Å². The molecule has 1 heterocycles. The van der Waals surface area contributed by atoms with E-state index in [9.17, 15) is 19.2 Å². The number of ether oxygens (including phenoxy) is 4. The van der Waals surface area contributed by atoms with Crippen LogP contribution in [0.15, 0.2) is 71.0 Å². The van der Waals surface area contributed by atoms with Crippen molar-refractivity contribution in [1.82, 2.24) is 16.1 Å². The van der Waals surface area contributed by atoms with Crippen LogP contribution in [0.1, 0.15) is 46.9 Å². The SMILES string of the molecule is CCOC(=O)C1=C(C)NC(=O)N[C@@H]1c1ccc(OCC(=O)N/N=C\c2cc(I)c(OCc3ccc(C(=O)O)cc3)c(I)c2)c(OC)c1. The standard InChI is InChI=1S/C32H30I2N4O9/c1-4-45-31(42)27-17(2)36-32(43)37-28(27)21-9-10-24(25(13-21)44-3)46-16-26(39)38-35-14-19-11-22(33)29(23(34)12-19)47-15-18-5-7-20(8-6-18)30(40)41/h5-14,28H,4,15-16H2,1-3H3,(H,38,39)(H,40,41)(H2,36,37,43)/b35-14-/t28-/m1/s1. The van der Waals surface area contributed by atoms with Gasteiger partial charge in [0.05, 0.1) is 44.3 Å². The Bertz CT molecular complexity index is 1720. The molecule has 0 unspecified atom stereocenters. The Labute approximate surface area is 297 Å². The first-order valence-corrected chi connectivity index (χ1v) is 16.2. The van der Waals surface area contributed by atoms with Crippen LogP contribution in [0.4, 0.5) is 4.79 Å². The Morgan fingerprint density at radius 3 is 2.36 bits per heavy atom. The second kappa shape index (κ2) is 16.4. The van der Waals surface area contributed by atoms with Crippen LogP contribution < -0.4 is 30.3 Å². The number of hydrogen-bond acceptors (Lipinski definition) is 9. The predicted octanol–water partition coefficient (Wildman–Crippen LogP) is 4.90. The molecule has 0 saturated carbocycles. The van der Waals surface area contributed by atoms with Gasteiger partial charge in [-0.3, -0.25) is 4.79 Å². The van der Waals surface area contributed by atoms with Crippen LogP contribution >= 0.6 is 45.2 Å². The molecule has 246 valence electrons. The van der Waals surface area contributed by atoms with Crippen molar-refractivity contribution in [3.63, 3.8) is 0 Å². The molecule has 0 bridgehead atoms. The van der Waals surface area contributed by atoms with Gasteiger partial charge in [0.15, 0.2) is 18.1 Å². The summed E-state index contributed by atoms with van der Waals surface area (Å²) < 4.78 is 23.9. The topological polar surface area (TPSA) is 174 Å². The van der Waals surface area contributed by atoms with E-state index in [1.807, 2.05) is 12.1 Å². The second-order valence-corrected chi connectivity index (χ2v) is 12.2. The minimum absolute atomic E-state index is 0.175. The number of aromatic carboxylic acids is 1. The summed E-state index contributed by atoms with van der Waals surface area (Å²) in [5.74, 6) is -0.828. The third-order valence-electron chi connectivity index (χ3n) is 6.65. The lowest BCUT2D eigenvalue weighted by Crippen LogP contribution is -2.45. The average Bonchev–Trinajstić information content (AvgIpc) is 3.03. The zero-order chi connectivity index (χ0) is 34.1. The summed E-state index contributed by atoms with van der Waals surface area (Å²) in [4.78, 5) is 48.3. The van der Waals surface area contributed by atoms with Crippen molar-refractivity contribution in [2.45, 2.75) is 26.5 Å². The van der Waals surface area contributed by atoms with E-state index in [-0.39, 0.29) is 42.5 Å². The van der Waals surface area contributed by atoms with E-state index in [2.05, 4.69) is 66.3 Å². The number of carboxylic acid groups (broad SMARTS) is 1. The molecule has 0 radical (unpaired) electrons. The molecule has 1 atom stereocenters. The Hall–Kier alpha value is -4.39. The minimum atomic E-state index is -0.986. The van der Waals surface area contributed by atoms with Gasteiger partial charge in [-0.2, -0.15) is 5.10 Å². The van der Waals surface area contributed by atoms with E-state index in [0.717, 1.165) is 18.3 Å². The summed E-state index contributed by atoms with van der Waals surface area (Å²) in [6.45, 7) is 3.39. The number of carbonyl (C=O) groups excluding carboxylic acids is 3. The van der Waals surface area contributed by atoms with Crippen LogP contribution in [0.5, 0.6) is 17.2 Å². The van der Waals surface area contributed by atoms with E-state index in [1.54, 1.807) is 44.2 Å². The lowest BCUT2D eigenvalue weighted by atomic mass is 9.95. The van der Waals surface area contributed by atoms with E-state index in [0.29, 0.717) is 17.0 Å². The van der Waals surface area contributed by atoms with Crippen molar-refractivity contribution in [1.29, 1.82) is 0 Å². The average molecular weight is 868 g/mol. The number of esters is 1. The second-order valence-electron chi connectivity index (χ2n) is 9.89. The highest BCUT2D eigenvalue weighted by Gasteiger charge is 2.32. The maximum absolute atomic E-state index is 12.6. The first-order valence-electron chi connectivity index (χ1n) is 14.0. The molecular formula is C32H30I2N4O9. The Kier molecular flexibility index (Phi) is 12.4. The lowest BCUT2D eigenvalue weighted by molar-refractivity contribution is -0.139. The van der Waals surface area contributed by atoms with Gasteiger partial charge in [-0.15, -0.1) is 0 Å². The molecule has 3 aromatic rings. The molecule has 13 nitrogen and oxygen atoms in total. The van der Waals surface area contributed by atoms with Crippen molar-refractivity contribution in [3.05, 3.63) is 95.3 Å². The molecule has 15 heteroatoms. The number of carboxylic acids is 1. The van der Waals surface area contributed by atoms with Gasteiger partial charge in [0, 0.05) is 5.70 Å². The minimum Gasteiger partial charge on any atom is -0.493 e. The number of urea groups is 1. The monoisotopic (exact) mass is 868 g/mol. The quantitative estimate of drug-likeness (QED) is 0.0807. The van der Waals surface area contributed by atoms with E-state index >= 15 is 0 Å². The van der Waals surface area contributed by atoms with Gasteiger partial charge in [-0.05, 0) is 112 Å². The molecule has 0 aliphatic carbocycles. The Morgan fingerprint density at radius 1 is 1.02 bits per heavy atom. The Balaban J connectivity index is 1.34. The molecule has 4 N–H and O–H groups in total. The normalized spacial score (nSPS) is 14.2. The number of benzene rings is 3. The predicted molar refractivity (Wildman–Crippen MR) is 188 cm³/mol. The fraction of sp³-hybridized carbons (Fsp3) is 0.219. The summed E-state index contributed by atoms with van der Waals surface area (Å²) in [5, 5.41) is 18.4. The number of nitrogens with one attached hydrogen (secondary N) is 3. The number of allylic oxidation sites excluding steroid dienone is 1. The highest BCUT2D eigenvalue weighted by Crippen LogP contribution is 2.35. The number of methoxy groups -OCH3 is 1. The number of hydrogen-bond donors (Lipinski definition) is 4. The molecule has 1 aliphatic heterocycles. The summed E-state index contributed by atoms with van der Waals surface area (Å²) in [5.41, 5.74) is 5.39. The van der Waals surface area contributed by atoms with Crippen molar-refractivity contribution in [2.24, 2.45) is 5.10 Å². The molecule has 0 aromatic heterocycles. The number of amides is 3. The molecule has 0 saturated heterocycles. The number of carbonyl (C=O) groups is 4. The van der Waals surface area contributed by atoms with Gasteiger partial charge in [-0.25, -0.2) is 19.8 Å². The van der Waals surface area contributed by atoms with Crippen LogP contribution in [-0.4, -0.2) is 55.5 Å². The van der Waals surface area contributed by atoms with E-state index in [4.69, 9.17) is 24.1 Å². The molecular weight excluding hydrogens is 838 g/mol. The van der Waals surface area contributed by atoms with Gasteiger partial charge >= 0.3 is 18.0 Å². The number of halogens is 2. The van der Waals surface area contributed by atoms with Gasteiger partial charge in [-0.1, -0.05) is 18.2 Å². The van der Waals surface area contributed by atoms with Gasteiger partial charge in [0.2, 0.25) is 0 Å². The maximum atomic E-state index is 12.6. The first kappa shape index (κ1) is 35.5. The van der Waals surface area contributed by atoms with Gasteiger partial charge in [0.25, 0.3) is 5.91 Å². The van der Waals surface area contributed by atoms with Gasteiger partial charge in [0.1, 0.15) is 12.4 Å². The van der Waals surface area contributed by atoms with Crippen LogP contribution in [0.3, 0.4) is 0 Å². The van der Waals surface area contributed by atoms with Crippen molar-refractivity contribution < 1.29 is 43.2 Å². The highest BCUT2D eigenvalue weighted by molar-refractivity contribution is 14.1. The maximum Gasteiger partial charge on any atom is 0.338 e. The number of rotatable bonds is 13. The molecule has 3 amide bonds. The largest absolute Gasteiger partial charge is 0.493 e. The zero-order valence-electron chi connectivity index (χ0n) is 25.4. The Morgan fingerprint density at radius 2 is 1.72 bits per heavy atom. The number of nitrogens with zero attached hydrogens (tertiary/aromatic N) is 1. The van der Waals surface area contributed by atoms with Crippen molar-refractivity contribution in [3.8, 4) is 17.2 Å². The summed E-state index contributed by atoms with van der Waals surface area (Å²) in [7, 11) is 1.43. The molecule has 0 spiro atoms. The summed E-state index contributed by atoms with van der Waals surface area (Å²) in [6.07, 6.45) is 1.50. The first-order chi connectivity index (χ1) is 22.5. The lowest BCUT2D eigenvalue weighted by Gasteiger charge is -2.28. The highest BCUT2D eigenvalue weighted by atomic mass is 127. The van der Waals surface area contributed by atoms with Crippen LogP contribution in [0, 0.1) is 7.14 Å². The van der Waals surface area contributed by atoms with Crippen LogP contribution in [0.25, 0.3) is 0 Å². The third-order valence-corrected chi connectivity index (χ3v) is 8.25. The molecule has 4 rings (SSSR count).